The van der Waals surface area contributed by atoms with Gasteiger partial charge in [-0.25, -0.2) is 0 Å². The molecule has 0 aromatic heterocycles. The highest BCUT2D eigenvalue weighted by Crippen LogP contribution is 2.67. The summed E-state index contributed by atoms with van der Waals surface area (Å²) >= 11 is 0. The maximum atomic E-state index is 11.5. The summed E-state index contributed by atoms with van der Waals surface area (Å²) in [6.45, 7) is 8.10. The summed E-state index contributed by atoms with van der Waals surface area (Å²) in [7, 11) is 0. The van der Waals surface area contributed by atoms with Crippen LogP contribution >= 0.6 is 0 Å². The molecule has 32 heavy (non-hydrogen) atoms. The maximum Gasteiger partial charge on any atom is 0.307 e. The lowest BCUT2D eigenvalue weighted by atomic mass is 9.43. The van der Waals surface area contributed by atoms with Crippen molar-refractivity contribution in [3.63, 3.8) is 0 Å². The van der Waals surface area contributed by atoms with E-state index in [-0.39, 0.29) is 28.9 Å². The monoisotopic (exact) mass is 437 g/mol. The number of nitrogens with zero attached hydrogens (tertiary/aromatic N) is 1. The molecule has 5 rings (SSSR count). The van der Waals surface area contributed by atoms with Crippen molar-refractivity contribution in [3.05, 3.63) is 47.7 Å². The molecule has 2 fully saturated rings. The smallest absolute Gasteiger partial charge is 0.307 e. The van der Waals surface area contributed by atoms with Gasteiger partial charge in [-0.15, -0.1) is 0 Å². The fraction of sp³-hybridized carbons (Fsp3) is 0.679. The highest BCUT2D eigenvalue weighted by molar-refractivity contribution is 5.70. The van der Waals surface area contributed by atoms with Gasteiger partial charge in [0.2, 0.25) is 0 Å². The van der Waals surface area contributed by atoms with Crippen LogP contribution in [0.2, 0.25) is 0 Å². The van der Waals surface area contributed by atoms with Crippen LogP contribution in [0.3, 0.4) is 0 Å². The molecule has 0 bridgehead atoms. The Labute approximate surface area is 192 Å². The average molecular weight is 438 g/mol. The third-order valence-corrected chi connectivity index (χ3v) is 10.0. The molecule has 0 amide bonds. The van der Waals surface area contributed by atoms with Crippen LogP contribution < -0.4 is 0 Å². The Morgan fingerprint density at radius 3 is 2.62 bits per heavy atom. The van der Waals surface area contributed by atoms with Crippen LogP contribution in [0.5, 0.6) is 0 Å². The van der Waals surface area contributed by atoms with Gasteiger partial charge >= 0.3 is 5.97 Å². The van der Waals surface area contributed by atoms with Gasteiger partial charge in [-0.1, -0.05) is 56.2 Å². The molecule has 2 N–H and O–H groups in total. The largest absolute Gasteiger partial charge is 0.481 e. The number of hydrogen-bond acceptors (Lipinski definition) is 3. The predicted octanol–water partition coefficient (Wildman–Crippen LogP) is 5.47. The van der Waals surface area contributed by atoms with Gasteiger partial charge < -0.3 is 15.1 Å². The third-order valence-electron chi connectivity index (χ3n) is 10.0. The van der Waals surface area contributed by atoms with E-state index in [1.807, 2.05) is 0 Å². The SMILES string of the molecule is CCC1(N2C=CC=CC2)C=C2C[C@@H](O)CC[C@]2(C)[C@H]2CC[C@]3(C)C=C(CC(=O)O)C[C@H]3[C@@H]21. The minimum Gasteiger partial charge on any atom is -0.481 e. The molecule has 0 spiro atoms. The van der Waals surface area contributed by atoms with E-state index < -0.39 is 5.97 Å². The predicted molar refractivity (Wildman–Crippen MR) is 127 cm³/mol. The van der Waals surface area contributed by atoms with E-state index >= 15 is 0 Å². The van der Waals surface area contributed by atoms with Crippen LogP contribution in [-0.4, -0.2) is 39.3 Å². The lowest BCUT2D eigenvalue weighted by Gasteiger charge is -2.65. The van der Waals surface area contributed by atoms with Crippen molar-refractivity contribution in [2.75, 3.05) is 6.54 Å². The molecule has 0 saturated heterocycles. The third kappa shape index (κ3) is 3.16. The van der Waals surface area contributed by atoms with Gasteiger partial charge in [0.05, 0.1) is 18.1 Å². The number of hydrogen-bond donors (Lipinski definition) is 2. The van der Waals surface area contributed by atoms with E-state index in [0.29, 0.717) is 17.8 Å². The minimum absolute atomic E-state index is 0.0809. The van der Waals surface area contributed by atoms with Crippen molar-refractivity contribution in [1.29, 1.82) is 0 Å². The van der Waals surface area contributed by atoms with E-state index in [9.17, 15) is 15.0 Å². The van der Waals surface area contributed by atoms with E-state index in [0.717, 1.165) is 50.6 Å². The molecule has 2 saturated carbocycles. The van der Waals surface area contributed by atoms with Gasteiger partial charge in [-0.05, 0) is 79.6 Å². The molecule has 4 heteroatoms. The zero-order valence-corrected chi connectivity index (χ0v) is 19.9. The summed E-state index contributed by atoms with van der Waals surface area (Å²) in [4.78, 5) is 14.1. The van der Waals surface area contributed by atoms with Crippen molar-refractivity contribution >= 4 is 5.97 Å². The maximum absolute atomic E-state index is 11.5. The quantitative estimate of drug-likeness (QED) is 0.573. The Bertz CT molecular complexity index is 916. The van der Waals surface area contributed by atoms with Gasteiger partial charge in [0.25, 0.3) is 0 Å². The van der Waals surface area contributed by atoms with E-state index in [2.05, 4.69) is 62.3 Å². The van der Waals surface area contributed by atoms with E-state index in [4.69, 9.17) is 0 Å². The lowest BCUT2D eigenvalue weighted by molar-refractivity contribution is -0.136. The lowest BCUT2D eigenvalue weighted by Crippen LogP contribution is -2.64. The van der Waals surface area contributed by atoms with Crippen molar-refractivity contribution in [2.45, 2.75) is 83.8 Å². The van der Waals surface area contributed by atoms with E-state index in [1.54, 1.807) is 0 Å². The molecule has 5 aliphatic rings. The summed E-state index contributed by atoms with van der Waals surface area (Å²) in [5.41, 5.74) is 2.75. The van der Waals surface area contributed by atoms with E-state index in [1.165, 1.54) is 12.0 Å². The Morgan fingerprint density at radius 1 is 1.12 bits per heavy atom. The normalized spacial score (nSPS) is 44.9. The molecule has 4 aliphatic carbocycles. The van der Waals surface area contributed by atoms with Gasteiger partial charge in [-0.3, -0.25) is 4.79 Å². The van der Waals surface area contributed by atoms with Crippen LogP contribution in [0.4, 0.5) is 0 Å². The summed E-state index contributed by atoms with van der Waals surface area (Å²) in [6, 6.07) is 0. The Hall–Kier alpha value is -1.81. The van der Waals surface area contributed by atoms with Gasteiger partial charge in [0, 0.05) is 12.7 Å². The summed E-state index contributed by atoms with van der Waals surface area (Å²) in [5.74, 6) is 0.815. The molecule has 4 nitrogen and oxygen atoms in total. The fourth-order valence-electron chi connectivity index (χ4n) is 8.45. The van der Waals surface area contributed by atoms with Crippen molar-refractivity contribution in [2.24, 2.45) is 28.6 Å². The van der Waals surface area contributed by atoms with Crippen molar-refractivity contribution in [3.8, 4) is 0 Å². The van der Waals surface area contributed by atoms with Crippen molar-refractivity contribution in [1.82, 2.24) is 4.90 Å². The molecule has 1 aliphatic heterocycles. The van der Waals surface area contributed by atoms with Crippen molar-refractivity contribution < 1.29 is 15.0 Å². The number of carboxylic acids is 1. The second kappa shape index (κ2) is 7.62. The van der Waals surface area contributed by atoms with Crippen LogP contribution in [-0.2, 0) is 4.79 Å². The van der Waals surface area contributed by atoms with Gasteiger partial charge in [0.15, 0.2) is 0 Å². The molecule has 0 radical (unpaired) electrons. The molecule has 1 unspecified atom stereocenters. The zero-order chi connectivity index (χ0) is 22.7. The number of aliphatic hydroxyl groups excluding tert-OH is 1. The van der Waals surface area contributed by atoms with Crippen LogP contribution in [0.25, 0.3) is 0 Å². The number of aliphatic carboxylic acids is 1. The number of fused-ring (bicyclic) bond motifs is 5. The number of rotatable bonds is 4. The first-order valence-electron chi connectivity index (χ1n) is 12.6. The van der Waals surface area contributed by atoms with Gasteiger partial charge in [-0.2, -0.15) is 0 Å². The van der Waals surface area contributed by atoms with Crippen LogP contribution in [0, 0.1) is 28.6 Å². The number of carboxylic acid groups (broad SMARTS) is 1. The number of allylic oxidation sites excluding steroid dienone is 3. The molecule has 174 valence electrons. The summed E-state index contributed by atoms with van der Waals surface area (Å²) in [6.07, 6.45) is 20.7. The minimum atomic E-state index is -0.708. The first kappa shape index (κ1) is 22.0. The first-order valence-corrected chi connectivity index (χ1v) is 12.6. The number of carbonyl (C=O) groups is 1. The number of aliphatic hydroxyl groups is 1. The Morgan fingerprint density at radius 2 is 1.94 bits per heavy atom. The molecule has 0 aromatic rings. The topological polar surface area (TPSA) is 60.8 Å². The average Bonchev–Trinajstić information content (AvgIpc) is 3.09. The first-order chi connectivity index (χ1) is 15.2. The molecular weight excluding hydrogens is 398 g/mol. The molecule has 1 heterocycles. The van der Waals surface area contributed by atoms with Gasteiger partial charge in [0.1, 0.15) is 0 Å². The Kier molecular flexibility index (Phi) is 5.24. The van der Waals surface area contributed by atoms with Crippen LogP contribution in [0.1, 0.15) is 72.1 Å². The Balaban J connectivity index is 1.64. The molecule has 0 aromatic carbocycles. The standard InChI is InChI=1S/C28H39NO3/c1-4-28(29-12-6-5-7-13-29)18-20-16-21(30)8-11-27(20,3)22-9-10-26(2)17-19(15-24(31)32)14-23(26)25(22)28/h5-7,12,17-18,21-23,25,30H,4,8-11,13-16H2,1-3H3,(H,31,32)/t21-,22-,23-,25+,26+,27-,28?/m0/s1. The second-order valence-corrected chi connectivity index (χ2v) is 11.6. The zero-order valence-electron chi connectivity index (χ0n) is 19.9. The summed E-state index contributed by atoms with van der Waals surface area (Å²) < 4.78 is 0. The summed E-state index contributed by atoms with van der Waals surface area (Å²) in [5, 5.41) is 20.1. The fourth-order valence-corrected chi connectivity index (χ4v) is 8.45. The highest BCUT2D eigenvalue weighted by atomic mass is 16.4. The highest BCUT2D eigenvalue weighted by Gasteiger charge is 2.63. The second-order valence-electron chi connectivity index (χ2n) is 11.6. The molecule has 7 atom stereocenters. The van der Waals surface area contributed by atoms with Crippen LogP contribution in [0.15, 0.2) is 47.7 Å². The molecular formula is C28H39NO3.